The number of nitrogens with zero attached hydrogens (tertiary/aromatic N) is 2. The Morgan fingerprint density at radius 2 is 1.89 bits per heavy atom. The van der Waals surface area contributed by atoms with Gasteiger partial charge in [0, 0.05) is 20.1 Å². The largest absolute Gasteiger partial charge is 0.303 e. The van der Waals surface area contributed by atoms with E-state index < -0.39 is 10.2 Å². The van der Waals surface area contributed by atoms with Gasteiger partial charge in [0.25, 0.3) is 0 Å². The van der Waals surface area contributed by atoms with E-state index in [-0.39, 0.29) is 0 Å². The van der Waals surface area contributed by atoms with Crippen LogP contribution in [0.1, 0.15) is 30.9 Å². The Hall–Kier alpha value is -1.07. The monoisotopic (exact) mass is 268 g/mol. The van der Waals surface area contributed by atoms with Gasteiger partial charge in [0.1, 0.15) is 0 Å². The molecule has 1 aromatic rings. The van der Waals surface area contributed by atoms with Crippen molar-refractivity contribution in [2.75, 3.05) is 24.4 Å². The Balaban J connectivity index is 2.40. The summed E-state index contributed by atoms with van der Waals surface area (Å²) in [5, 5.41) is 0. The van der Waals surface area contributed by atoms with Crippen molar-refractivity contribution in [3.8, 4) is 0 Å². The second kappa shape index (κ2) is 4.55. The molecule has 0 amide bonds. The Morgan fingerprint density at radius 1 is 1.28 bits per heavy atom. The van der Waals surface area contributed by atoms with Crippen molar-refractivity contribution in [2.24, 2.45) is 0 Å². The molecule has 1 aliphatic rings. The Kier molecular flexibility index (Phi) is 3.38. The highest BCUT2D eigenvalue weighted by molar-refractivity contribution is 7.90. The number of anilines is 1. The number of aryl methyl sites for hydroxylation is 1. The average molecular weight is 268 g/mol. The predicted molar refractivity (Wildman–Crippen MR) is 74.2 cm³/mol. The van der Waals surface area contributed by atoms with Crippen LogP contribution in [0.15, 0.2) is 18.2 Å². The van der Waals surface area contributed by atoms with Crippen LogP contribution in [0.4, 0.5) is 5.69 Å². The van der Waals surface area contributed by atoms with E-state index in [9.17, 15) is 8.42 Å². The summed E-state index contributed by atoms with van der Waals surface area (Å²) in [7, 11) is -1.69. The molecule has 0 radical (unpaired) electrons. The van der Waals surface area contributed by atoms with Crippen molar-refractivity contribution >= 4 is 15.9 Å². The third kappa shape index (κ3) is 2.37. The number of benzene rings is 1. The molecule has 1 aliphatic heterocycles. The molecule has 100 valence electrons. The van der Waals surface area contributed by atoms with Gasteiger partial charge in [0.2, 0.25) is 0 Å². The molecule has 0 N–H and O–H groups in total. The molecule has 1 saturated heterocycles. The first-order chi connectivity index (χ1) is 8.34. The zero-order valence-corrected chi connectivity index (χ0v) is 12.2. The van der Waals surface area contributed by atoms with E-state index in [2.05, 4.69) is 19.9 Å². The minimum Gasteiger partial charge on any atom is -0.260 e. The Bertz CT molecular complexity index is 548. The molecule has 18 heavy (non-hydrogen) atoms. The second-order valence-electron chi connectivity index (χ2n) is 5.07. The second-order valence-corrected chi connectivity index (χ2v) is 7.03. The molecule has 4 nitrogen and oxygen atoms in total. The molecule has 2 rings (SSSR count). The van der Waals surface area contributed by atoms with Gasteiger partial charge in [-0.1, -0.05) is 26.0 Å². The van der Waals surface area contributed by atoms with Gasteiger partial charge in [-0.05, 0) is 30.0 Å². The predicted octanol–water partition coefficient (Wildman–Crippen LogP) is 2.12. The lowest BCUT2D eigenvalue weighted by Gasteiger charge is -2.22. The first-order valence-electron chi connectivity index (χ1n) is 6.18. The van der Waals surface area contributed by atoms with Crippen molar-refractivity contribution < 1.29 is 8.42 Å². The van der Waals surface area contributed by atoms with Gasteiger partial charge < -0.3 is 0 Å². The van der Waals surface area contributed by atoms with Crippen LogP contribution in [0.2, 0.25) is 0 Å². The van der Waals surface area contributed by atoms with Gasteiger partial charge in [-0.2, -0.15) is 12.7 Å². The molecule has 1 fully saturated rings. The van der Waals surface area contributed by atoms with Crippen LogP contribution in [0.5, 0.6) is 0 Å². The van der Waals surface area contributed by atoms with Gasteiger partial charge in [0.05, 0.1) is 5.69 Å². The van der Waals surface area contributed by atoms with Gasteiger partial charge in [-0.3, -0.25) is 4.31 Å². The molecule has 1 aromatic carbocycles. The Morgan fingerprint density at radius 3 is 2.39 bits per heavy atom. The maximum atomic E-state index is 12.2. The average Bonchev–Trinajstić information content (AvgIpc) is 3.12. The maximum absolute atomic E-state index is 12.2. The number of hydrogen-bond donors (Lipinski definition) is 0. The number of rotatable bonds is 4. The summed E-state index contributed by atoms with van der Waals surface area (Å²) in [6, 6.07) is 6.02. The molecule has 0 unspecified atom stereocenters. The topological polar surface area (TPSA) is 40.4 Å². The minimum atomic E-state index is -3.32. The summed E-state index contributed by atoms with van der Waals surface area (Å²) in [5.74, 6) is 0.390. The van der Waals surface area contributed by atoms with E-state index in [4.69, 9.17) is 0 Å². The molecule has 5 heteroatoms. The minimum absolute atomic E-state index is 0.390. The fourth-order valence-electron chi connectivity index (χ4n) is 1.89. The van der Waals surface area contributed by atoms with Crippen LogP contribution in [0.3, 0.4) is 0 Å². The first kappa shape index (κ1) is 13.4. The van der Waals surface area contributed by atoms with Crippen molar-refractivity contribution in [3.63, 3.8) is 0 Å². The lowest BCUT2D eigenvalue weighted by molar-refractivity contribution is 0.561. The highest BCUT2D eigenvalue weighted by Gasteiger charge is 2.35. The van der Waals surface area contributed by atoms with Crippen molar-refractivity contribution in [1.29, 1.82) is 0 Å². The van der Waals surface area contributed by atoms with Gasteiger partial charge >= 0.3 is 10.2 Å². The standard InChI is InChI=1S/C13H20N2O2S/c1-10(2)12-6-5-11(3)13(9-12)14(4)18(16,17)15-7-8-15/h5-6,9-10H,7-8H2,1-4H3. The summed E-state index contributed by atoms with van der Waals surface area (Å²) in [5.41, 5.74) is 2.91. The van der Waals surface area contributed by atoms with Gasteiger partial charge in [-0.15, -0.1) is 0 Å². The third-order valence-electron chi connectivity index (χ3n) is 3.32. The van der Waals surface area contributed by atoms with E-state index >= 15 is 0 Å². The first-order valence-corrected chi connectivity index (χ1v) is 7.58. The van der Waals surface area contributed by atoms with E-state index in [0.717, 1.165) is 16.8 Å². The highest BCUT2D eigenvalue weighted by atomic mass is 32.2. The fourth-order valence-corrected chi connectivity index (χ4v) is 3.23. The van der Waals surface area contributed by atoms with Gasteiger partial charge in [0.15, 0.2) is 0 Å². The fraction of sp³-hybridized carbons (Fsp3) is 0.538. The molecule has 0 saturated carbocycles. The molecular weight excluding hydrogens is 248 g/mol. The number of hydrogen-bond acceptors (Lipinski definition) is 2. The molecule has 0 aliphatic carbocycles. The third-order valence-corrected chi connectivity index (χ3v) is 5.22. The van der Waals surface area contributed by atoms with Gasteiger partial charge in [-0.25, -0.2) is 0 Å². The van der Waals surface area contributed by atoms with E-state index in [0.29, 0.717) is 19.0 Å². The molecule has 1 heterocycles. The zero-order chi connectivity index (χ0) is 13.5. The lowest BCUT2D eigenvalue weighted by Crippen LogP contribution is -2.32. The summed E-state index contributed by atoms with van der Waals surface area (Å²) in [6.07, 6.45) is 0. The normalized spacial score (nSPS) is 16.1. The van der Waals surface area contributed by atoms with Crippen LogP contribution in [-0.2, 0) is 10.2 Å². The summed E-state index contributed by atoms with van der Waals surface area (Å²) < 4.78 is 27.2. The quantitative estimate of drug-likeness (QED) is 0.785. The van der Waals surface area contributed by atoms with Crippen molar-refractivity contribution in [2.45, 2.75) is 26.7 Å². The van der Waals surface area contributed by atoms with Crippen LogP contribution in [0.25, 0.3) is 0 Å². The highest BCUT2D eigenvalue weighted by Crippen LogP contribution is 2.28. The van der Waals surface area contributed by atoms with E-state index in [1.165, 1.54) is 8.61 Å². The maximum Gasteiger partial charge on any atom is 0.303 e. The van der Waals surface area contributed by atoms with E-state index in [1.54, 1.807) is 7.05 Å². The molecular formula is C13H20N2O2S. The molecule has 0 spiro atoms. The van der Waals surface area contributed by atoms with Crippen LogP contribution < -0.4 is 4.31 Å². The van der Waals surface area contributed by atoms with Crippen LogP contribution >= 0.6 is 0 Å². The SMILES string of the molecule is Cc1ccc(C(C)C)cc1N(C)S(=O)(=O)N1CC1. The van der Waals surface area contributed by atoms with E-state index in [1.807, 2.05) is 19.1 Å². The summed E-state index contributed by atoms with van der Waals surface area (Å²) in [4.78, 5) is 0. The molecule has 0 bridgehead atoms. The smallest absolute Gasteiger partial charge is 0.260 e. The van der Waals surface area contributed by atoms with Crippen LogP contribution in [-0.4, -0.2) is 32.9 Å². The van der Waals surface area contributed by atoms with Crippen LogP contribution in [0, 0.1) is 6.92 Å². The summed E-state index contributed by atoms with van der Waals surface area (Å²) >= 11 is 0. The van der Waals surface area contributed by atoms with Crippen molar-refractivity contribution in [3.05, 3.63) is 29.3 Å². The molecule has 0 aromatic heterocycles. The Labute approximate surface area is 109 Å². The molecule has 0 atom stereocenters. The van der Waals surface area contributed by atoms with Crippen molar-refractivity contribution in [1.82, 2.24) is 4.31 Å². The lowest BCUT2D eigenvalue weighted by atomic mass is 10.0. The summed E-state index contributed by atoms with van der Waals surface area (Å²) in [6.45, 7) is 7.42. The zero-order valence-electron chi connectivity index (χ0n) is 11.3.